The monoisotopic (exact) mass is 330 g/mol. The molecule has 130 valence electrons. The molecule has 0 saturated carbocycles. The van der Waals surface area contributed by atoms with Gasteiger partial charge in [0.2, 0.25) is 0 Å². The third-order valence-corrected chi connectivity index (χ3v) is 4.30. The zero-order chi connectivity index (χ0) is 17.7. The molecule has 1 fully saturated rings. The fourth-order valence-corrected chi connectivity index (χ4v) is 2.84. The molecule has 1 saturated heterocycles. The Morgan fingerprint density at radius 2 is 2.04 bits per heavy atom. The summed E-state index contributed by atoms with van der Waals surface area (Å²) in [5.74, 6) is 0.209. The van der Waals surface area contributed by atoms with Crippen LogP contribution < -0.4 is 5.43 Å². The van der Waals surface area contributed by atoms with Crippen molar-refractivity contribution in [1.82, 2.24) is 5.43 Å². The summed E-state index contributed by atoms with van der Waals surface area (Å²) in [6.45, 7) is 7.89. The van der Waals surface area contributed by atoms with Crippen molar-refractivity contribution in [2.75, 3.05) is 6.61 Å². The van der Waals surface area contributed by atoms with Crippen LogP contribution in [-0.2, 0) is 9.53 Å². The fraction of sp³-hybridized carbons (Fsp3) is 0.474. The molecule has 1 aliphatic heterocycles. The Morgan fingerprint density at radius 3 is 2.62 bits per heavy atom. The largest absolute Gasteiger partial charge is 0.508 e. The van der Waals surface area contributed by atoms with Gasteiger partial charge < -0.3 is 9.84 Å². The standard InChI is InChI=1S/C19H26N2O3/c1-12-11-16(23)8-9-17(12)19(13(2)15(4)22)14(3)20-21-18-7-5-6-10-24-18/h8-9,11,18,21,23H,5-7,10H2,1-4H3/b19-13+,20-14-. The number of rotatable bonds is 5. The summed E-state index contributed by atoms with van der Waals surface area (Å²) in [4.78, 5) is 11.9. The number of allylic oxidation sites excluding steroid dienone is 2. The summed E-state index contributed by atoms with van der Waals surface area (Å²) in [6, 6.07) is 5.14. The van der Waals surface area contributed by atoms with Crippen LogP contribution in [0.15, 0.2) is 28.9 Å². The van der Waals surface area contributed by atoms with Gasteiger partial charge >= 0.3 is 0 Å². The van der Waals surface area contributed by atoms with Crippen molar-refractivity contribution >= 4 is 17.1 Å². The fourth-order valence-electron chi connectivity index (χ4n) is 2.84. The third kappa shape index (κ3) is 4.45. The van der Waals surface area contributed by atoms with E-state index >= 15 is 0 Å². The van der Waals surface area contributed by atoms with Crippen LogP contribution in [0.4, 0.5) is 0 Å². The SMILES string of the molecule is CC(=O)/C(C)=C(\C(C)=N/NC1CCCCO1)c1ccc(O)cc1C. The number of Topliss-reactive ketones (excluding diaryl/α,β-unsaturated/α-hetero) is 1. The van der Waals surface area contributed by atoms with Crippen molar-refractivity contribution in [3.05, 3.63) is 34.9 Å². The van der Waals surface area contributed by atoms with E-state index < -0.39 is 0 Å². The van der Waals surface area contributed by atoms with Crippen LogP contribution in [0.1, 0.15) is 51.2 Å². The second-order valence-corrected chi connectivity index (χ2v) is 6.24. The normalized spacial score (nSPS) is 19.7. The van der Waals surface area contributed by atoms with Crippen molar-refractivity contribution in [1.29, 1.82) is 0 Å². The Hall–Kier alpha value is -2.14. The number of carbonyl (C=O) groups excluding carboxylic acids is 1. The molecule has 1 aromatic rings. The van der Waals surface area contributed by atoms with Gasteiger partial charge in [-0.3, -0.25) is 10.2 Å². The molecule has 0 radical (unpaired) electrons. The van der Waals surface area contributed by atoms with Crippen LogP contribution in [0, 0.1) is 6.92 Å². The minimum atomic E-state index is -0.0755. The molecule has 1 heterocycles. The number of hydrogen-bond donors (Lipinski definition) is 2. The van der Waals surface area contributed by atoms with E-state index in [-0.39, 0.29) is 17.8 Å². The molecule has 0 aromatic heterocycles. The van der Waals surface area contributed by atoms with Gasteiger partial charge in [-0.05, 0) is 70.2 Å². The Morgan fingerprint density at radius 1 is 1.29 bits per heavy atom. The number of benzene rings is 1. The maximum absolute atomic E-state index is 11.9. The first-order valence-corrected chi connectivity index (χ1v) is 8.33. The zero-order valence-electron chi connectivity index (χ0n) is 14.8. The van der Waals surface area contributed by atoms with E-state index in [1.54, 1.807) is 26.0 Å². The summed E-state index contributed by atoms with van der Waals surface area (Å²) in [7, 11) is 0. The van der Waals surface area contributed by atoms with Gasteiger partial charge in [0, 0.05) is 17.8 Å². The van der Waals surface area contributed by atoms with Crippen LogP contribution in [0.2, 0.25) is 0 Å². The molecule has 2 N–H and O–H groups in total. The molecule has 1 atom stereocenters. The van der Waals surface area contributed by atoms with Gasteiger partial charge in [0.15, 0.2) is 5.78 Å². The van der Waals surface area contributed by atoms with Gasteiger partial charge in [-0.1, -0.05) is 6.07 Å². The Labute approximate surface area is 143 Å². The third-order valence-electron chi connectivity index (χ3n) is 4.30. The number of aromatic hydroxyl groups is 1. The number of ether oxygens (including phenoxy) is 1. The van der Waals surface area contributed by atoms with Gasteiger partial charge in [-0.25, -0.2) is 0 Å². The molecule has 5 heteroatoms. The summed E-state index contributed by atoms with van der Waals surface area (Å²) in [6.07, 6.45) is 3.06. The number of hydrazone groups is 1. The number of carbonyl (C=O) groups is 1. The van der Waals surface area contributed by atoms with Crippen LogP contribution in [0.25, 0.3) is 5.57 Å². The van der Waals surface area contributed by atoms with Crippen LogP contribution in [0.5, 0.6) is 5.75 Å². The van der Waals surface area contributed by atoms with Gasteiger partial charge in [0.25, 0.3) is 0 Å². The highest BCUT2D eigenvalue weighted by Gasteiger charge is 2.17. The second kappa shape index (κ2) is 8.11. The molecular weight excluding hydrogens is 304 g/mol. The molecule has 1 unspecified atom stereocenters. The predicted molar refractivity (Wildman–Crippen MR) is 96.0 cm³/mol. The van der Waals surface area contributed by atoms with Gasteiger partial charge in [0.1, 0.15) is 12.0 Å². The average molecular weight is 330 g/mol. The lowest BCUT2D eigenvalue weighted by Gasteiger charge is -2.22. The number of nitrogens with zero attached hydrogens (tertiary/aromatic N) is 1. The van der Waals surface area contributed by atoms with E-state index in [1.165, 1.54) is 0 Å². The first kappa shape index (κ1) is 18.2. The Kier molecular flexibility index (Phi) is 6.15. The average Bonchev–Trinajstić information content (AvgIpc) is 2.55. The summed E-state index contributed by atoms with van der Waals surface area (Å²) < 4.78 is 5.63. The maximum atomic E-state index is 11.9. The van der Waals surface area contributed by atoms with E-state index in [4.69, 9.17) is 4.74 Å². The highest BCUT2D eigenvalue weighted by atomic mass is 16.5. The molecule has 0 amide bonds. The molecule has 1 aromatic carbocycles. The molecule has 0 bridgehead atoms. The van der Waals surface area contributed by atoms with Crippen LogP contribution in [-0.4, -0.2) is 29.4 Å². The van der Waals surface area contributed by atoms with Gasteiger partial charge in [-0.2, -0.15) is 5.10 Å². The lowest BCUT2D eigenvalue weighted by atomic mass is 9.92. The van der Waals surface area contributed by atoms with E-state index in [0.717, 1.165) is 48.3 Å². The summed E-state index contributed by atoms with van der Waals surface area (Å²) >= 11 is 0. The number of phenolic OH excluding ortho intramolecular Hbond substituents is 1. The number of aryl methyl sites for hydroxylation is 1. The highest BCUT2D eigenvalue weighted by molar-refractivity contribution is 6.28. The molecule has 1 aliphatic rings. The smallest absolute Gasteiger partial charge is 0.156 e. The Balaban J connectivity index is 2.35. The topological polar surface area (TPSA) is 70.9 Å². The van der Waals surface area contributed by atoms with Crippen LogP contribution in [0.3, 0.4) is 0 Å². The van der Waals surface area contributed by atoms with Gasteiger partial charge in [-0.15, -0.1) is 0 Å². The number of phenols is 1. The molecular formula is C19H26N2O3. The molecule has 0 aliphatic carbocycles. The van der Waals surface area contributed by atoms with Crippen molar-refractivity contribution in [3.8, 4) is 5.75 Å². The lowest BCUT2D eigenvalue weighted by molar-refractivity contribution is -0.113. The molecule has 2 rings (SSSR count). The quantitative estimate of drug-likeness (QED) is 0.492. The maximum Gasteiger partial charge on any atom is 0.156 e. The van der Waals surface area contributed by atoms with Crippen molar-refractivity contribution in [3.63, 3.8) is 0 Å². The number of hydrogen-bond acceptors (Lipinski definition) is 5. The summed E-state index contributed by atoms with van der Waals surface area (Å²) in [5.41, 5.74) is 7.03. The zero-order valence-corrected chi connectivity index (χ0v) is 14.8. The van der Waals surface area contributed by atoms with Crippen molar-refractivity contribution in [2.45, 2.75) is 53.2 Å². The minimum absolute atomic E-state index is 0.000872. The van der Waals surface area contributed by atoms with Gasteiger partial charge in [0.05, 0.1) is 5.71 Å². The molecule has 5 nitrogen and oxygen atoms in total. The summed E-state index contributed by atoms with van der Waals surface area (Å²) in [5, 5.41) is 14.1. The Bertz CT molecular complexity index is 671. The highest BCUT2D eigenvalue weighted by Crippen LogP contribution is 2.27. The van der Waals surface area contributed by atoms with E-state index in [2.05, 4.69) is 10.5 Å². The predicted octanol–water partition coefficient (Wildman–Crippen LogP) is 3.56. The molecule has 0 spiro atoms. The first-order valence-electron chi connectivity index (χ1n) is 8.33. The molecule has 24 heavy (non-hydrogen) atoms. The van der Waals surface area contributed by atoms with E-state index in [9.17, 15) is 9.90 Å². The minimum Gasteiger partial charge on any atom is -0.508 e. The number of nitrogens with one attached hydrogen (secondary N) is 1. The van der Waals surface area contributed by atoms with E-state index in [0.29, 0.717) is 5.57 Å². The number of ketones is 1. The van der Waals surface area contributed by atoms with E-state index in [1.807, 2.05) is 19.9 Å². The van der Waals surface area contributed by atoms with Crippen molar-refractivity contribution in [2.24, 2.45) is 5.10 Å². The second-order valence-electron chi connectivity index (χ2n) is 6.24. The van der Waals surface area contributed by atoms with Crippen LogP contribution >= 0.6 is 0 Å². The van der Waals surface area contributed by atoms with Crippen molar-refractivity contribution < 1.29 is 14.6 Å². The lowest BCUT2D eigenvalue weighted by Crippen LogP contribution is -2.31. The first-order chi connectivity index (χ1) is 11.4.